The number of anilines is 1. The molecule has 1 fully saturated rings. The minimum Gasteiger partial charge on any atom is -0.384 e. The molecule has 144 valence electrons. The maximum atomic E-state index is 14.3. The first-order valence-corrected chi connectivity index (χ1v) is 8.63. The van der Waals surface area contributed by atoms with Crippen LogP contribution in [0.15, 0.2) is 12.1 Å². The molecule has 3 N–H and O–H groups in total. The van der Waals surface area contributed by atoms with Crippen molar-refractivity contribution in [2.45, 2.75) is 25.7 Å². The highest BCUT2D eigenvalue weighted by Gasteiger charge is 2.33. The molecule has 2 aliphatic rings. The lowest BCUT2D eigenvalue weighted by Crippen LogP contribution is -2.47. The quantitative estimate of drug-likeness (QED) is 0.723. The van der Waals surface area contributed by atoms with Crippen LogP contribution in [0, 0.1) is 11.2 Å². The largest absolute Gasteiger partial charge is 0.384 e. The lowest BCUT2D eigenvalue weighted by molar-refractivity contribution is -0.116. The van der Waals surface area contributed by atoms with Crippen LogP contribution in [0.2, 0.25) is 0 Å². The Kier molecular flexibility index (Phi) is 6.97. The normalized spacial score (nSPS) is 18.3. The SMILES string of the molecule is COCC1(CNC(=O)c2cc3c(cc2F)NC(=O)CC3)CCNCC1.Cl. The molecule has 6 nitrogen and oxygen atoms in total. The molecule has 0 saturated carbocycles. The molecule has 1 aromatic carbocycles. The molecule has 2 amide bonds. The van der Waals surface area contributed by atoms with E-state index in [0.717, 1.165) is 31.5 Å². The third-order valence-electron chi connectivity index (χ3n) is 5.07. The van der Waals surface area contributed by atoms with Crippen molar-refractivity contribution in [2.75, 3.05) is 38.7 Å². The van der Waals surface area contributed by atoms with Gasteiger partial charge in [0.2, 0.25) is 5.91 Å². The van der Waals surface area contributed by atoms with Crippen molar-refractivity contribution in [2.24, 2.45) is 5.41 Å². The minimum absolute atomic E-state index is 0. The van der Waals surface area contributed by atoms with E-state index >= 15 is 0 Å². The number of ether oxygens (including phenoxy) is 1. The molecular weight excluding hydrogens is 361 g/mol. The van der Waals surface area contributed by atoms with Gasteiger partial charge in [-0.15, -0.1) is 12.4 Å². The smallest absolute Gasteiger partial charge is 0.254 e. The average molecular weight is 386 g/mol. The molecular formula is C18H25ClFN3O3. The Bertz CT molecular complexity index is 672. The van der Waals surface area contributed by atoms with Crippen molar-refractivity contribution < 1.29 is 18.7 Å². The Morgan fingerprint density at radius 2 is 2.04 bits per heavy atom. The number of nitrogens with one attached hydrogen (secondary N) is 3. The van der Waals surface area contributed by atoms with Gasteiger partial charge in [0.1, 0.15) is 5.82 Å². The Balaban J connectivity index is 0.00000243. The molecule has 0 spiro atoms. The average Bonchev–Trinajstić information content (AvgIpc) is 2.60. The summed E-state index contributed by atoms with van der Waals surface area (Å²) in [5, 5.41) is 8.82. The van der Waals surface area contributed by atoms with Gasteiger partial charge in [-0.1, -0.05) is 0 Å². The minimum atomic E-state index is -0.621. The first-order valence-electron chi connectivity index (χ1n) is 8.63. The number of hydrogen-bond donors (Lipinski definition) is 3. The molecule has 1 aromatic rings. The Morgan fingerprint density at radius 3 is 2.73 bits per heavy atom. The number of rotatable bonds is 5. The van der Waals surface area contributed by atoms with Crippen LogP contribution in [0.4, 0.5) is 10.1 Å². The third-order valence-corrected chi connectivity index (χ3v) is 5.07. The Labute approximate surface area is 158 Å². The summed E-state index contributed by atoms with van der Waals surface area (Å²) in [7, 11) is 1.66. The van der Waals surface area contributed by atoms with Gasteiger partial charge in [0.15, 0.2) is 0 Å². The predicted octanol–water partition coefficient (Wildman–Crippen LogP) is 1.88. The molecule has 2 heterocycles. The fourth-order valence-electron chi connectivity index (χ4n) is 3.57. The zero-order chi connectivity index (χ0) is 17.9. The summed E-state index contributed by atoms with van der Waals surface area (Å²) < 4.78 is 19.7. The number of carbonyl (C=O) groups is 2. The van der Waals surface area contributed by atoms with E-state index in [1.807, 2.05) is 0 Å². The summed E-state index contributed by atoms with van der Waals surface area (Å²) >= 11 is 0. The van der Waals surface area contributed by atoms with Crippen LogP contribution in [0.5, 0.6) is 0 Å². The number of piperidine rings is 1. The molecule has 0 radical (unpaired) electrons. The van der Waals surface area contributed by atoms with E-state index in [2.05, 4.69) is 16.0 Å². The van der Waals surface area contributed by atoms with Crippen LogP contribution < -0.4 is 16.0 Å². The molecule has 1 saturated heterocycles. The van der Waals surface area contributed by atoms with Crippen LogP contribution in [0.1, 0.15) is 35.2 Å². The second-order valence-corrected chi connectivity index (χ2v) is 6.90. The third kappa shape index (κ3) is 4.52. The highest BCUT2D eigenvalue weighted by atomic mass is 35.5. The molecule has 2 aliphatic heterocycles. The van der Waals surface area contributed by atoms with E-state index in [1.165, 1.54) is 6.07 Å². The fourth-order valence-corrected chi connectivity index (χ4v) is 3.57. The van der Waals surface area contributed by atoms with Gasteiger partial charge in [-0.2, -0.15) is 0 Å². The van der Waals surface area contributed by atoms with Gasteiger partial charge in [-0.25, -0.2) is 4.39 Å². The van der Waals surface area contributed by atoms with E-state index in [4.69, 9.17) is 4.74 Å². The van der Waals surface area contributed by atoms with Crippen LogP contribution in [-0.4, -0.2) is 45.2 Å². The summed E-state index contributed by atoms with van der Waals surface area (Å²) in [6.07, 6.45) is 2.67. The van der Waals surface area contributed by atoms with Crippen LogP contribution >= 0.6 is 12.4 Å². The van der Waals surface area contributed by atoms with Crippen molar-refractivity contribution in [1.29, 1.82) is 0 Å². The van der Waals surface area contributed by atoms with Crippen LogP contribution in [0.25, 0.3) is 0 Å². The van der Waals surface area contributed by atoms with E-state index in [9.17, 15) is 14.0 Å². The maximum Gasteiger partial charge on any atom is 0.254 e. The molecule has 26 heavy (non-hydrogen) atoms. The molecule has 0 unspecified atom stereocenters. The number of methoxy groups -OCH3 is 1. The number of benzene rings is 1. The zero-order valence-electron chi connectivity index (χ0n) is 14.8. The zero-order valence-corrected chi connectivity index (χ0v) is 15.6. The second-order valence-electron chi connectivity index (χ2n) is 6.90. The fraction of sp³-hybridized carbons (Fsp3) is 0.556. The van der Waals surface area contributed by atoms with Crippen LogP contribution in [-0.2, 0) is 16.0 Å². The van der Waals surface area contributed by atoms with Gasteiger partial charge in [-0.3, -0.25) is 9.59 Å². The van der Waals surface area contributed by atoms with E-state index < -0.39 is 11.7 Å². The van der Waals surface area contributed by atoms with E-state index in [0.29, 0.717) is 31.7 Å². The first kappa shape index (κ1) is 20.6. The van der Waals surface area contributed by atoms with Gasteiger partial charge < -0.3 is 20.7 Å². The lowest BCUT2D eigenvalue weighted by atomic mass is 9.79. The molecule has 8 heteroatoms. The number of carbonyl (C=O) groups excluding carboxylic acids is 2. The molecule has 0 bridgehead atoms. The van der Waals surface area contributed by atoms with Crippen molar-refractivity contribution in [1.82, 2.24) is 10.6 Å². The number of fused-ring (bicyclic) bond motifs is 1. The monoisotopic (exact) mass is 385 g/mol. The van der Waals surface area contributed by atoms with E-state index in [1.54, 1.807) is 13.2 Å². The highest BCUT2D eigenvalue weighted by Crippen LogP contribution is 2.29. The number of halogens is 2. The second kappa shape index (κ2) is 8.79. The number of amides is 2. The van der Waals surface area contributed by atoms with Gasteiger partial charge in [-0.05, 0) is 50.0 Å². The maximum absolute atomic E-state index is 14.3. The van der Waals surface area contributed by atoms with E-state index in [-0.39, 0.29) is 29.3 Å². The predicted molar refractivity (Wildman–Crippen MR) is 99.3 cm³/mol. The Hall–Kier alpha value is -1.70. The van der Waals surface area contributed by atoms with Gasteiger partial charge in [0, 0.05) is 31.2 Å². The molecule has 3 rings (SSSR count). The summed E-state index contributed by atoms with van der Waals surface area (Å²) in [5.74, 6) is -1.17. The van der Waals surface area contributed by atoms with Crippen molar-refractivity contribution in [3.8, 4) is 0 Å². The highest BCUT2D eigenvalue weighted by molar-refractivity contribution is 5.98. The van der Waals surface area contributed by atoms with Crippen LogP contribution in [0.3, 0.4) is 0 Å². The lowest BCUT2D eigenvalue weighted by Gasteiger charge is -2.37. The summed E-state index contributed by atoms with van der Waals surface area (Å²) in [6.45, 7) is 2.78. The molecule has 0 atom stereocenters. The first-order chi connectivity index (χ1) is 12.0. The summed E-state index contributed by atoms with van der Waals surface area (Å²) in [4.78, 5) is 23.9. The van der Waals surface area contributed by atoms with Crippen molar-refractivity contribution in [3.05, 3.63) is 29.1 Å². The van der Waals surface area contributed by atoms with Crippen molar-refractivity contribution >= 4 is 29.9 Å². The van der Waals surface area contributed by atoms with Gasteiger partial charge in [0.05, 0.1) is 12.2 Å². The molecule has 0 aliphatic carbocycles. The number of aryl methyl sites for hydroxylation is 1. The number of hydrogen-bond acceptors (Lipinski definition) is 4. The molecule has 0 aromatic heterocycles. The summed E-state index contributed by atoms with van der Waals surface area (Å²) in [5.41, 5.74) is 1.16. The van der Waals surface area contributed by atoms with Crippen molar-refractivity contribution in [3.63, 3.8) is 0 Å². The van der Waals surface area contributed by atoms with Gasteiger partial charge >= 0.3 is 0 Å². The standard InChI is InChI=1S/C18H24FN3O3.ClH/c1-25-11-18(4-6-20-7-5-18)10-21-17(24)13-8-12-2-3-16(23)22-15(12)9-14(13)19;/h8-9,20H,2-7,10-11H2,1H3,(H,21,24)(H,22,23);1H. The Morgan fingerprint density at radius 1 is 1.31 bits per heavy atom. The van der Waals surface area contributed by atoms with Gasteiger partial charge in [0.25, 0.3) is 5.91 Å². The topological polar surface area (TPSA) is 79.5 Å². The summed E-state index contributed by atoms with van der Waals surface area (Å²) in [6, 6.07) is 2.78.